The minimum absolute atomic E-state index is 0.00677. The van der Waals surface area contributed by atoms with Crippen LogP contribution in [0, 0.1) is 5.95 Å². The number of nitrogens with zero attached hydrogens (tertiary/aromatic N) is 1. The molecule has 0 aromatic carbocycles. The number of hydrogen-bond donors (Lipinski definition) is 0. The quantitative estimate of drug-likeness (QED) is 0.478. The van der Waals surface area contributed by atoms with E-state index in [1.54, 1.807) is 0 Å². The van der Waals surface area contributed by atoms with Crippen LogP contribution in [0.1, 0.15) is 34.8 Å². The van der Waals surface area contributed by atoms with E-state index in [1.807, 2.05) is 0 Å². The van der Waals surface area contributed by atoms with Crippen molar-refractivity contribution in [3.05, 3.63) is 28.8 Å². The van der Waals surface area contributed by atoms with E-state index >= 15 is 0 Å². The molecule has 0 radical (unpaired) electrons. The van der Waals surface area contributed by atoms with Crippen LogP contribution < -0.4 is 0 Å². The molecule has 0 unspecified atom stereocenters. The van der Waals surface area contributed by atoms with Crippen LogP contribution in [0.2, 0.25) is 0 Å². The summed E-state index contributed by atoms with van der Waals surface area (Å²) in [5.74, 6) is -2.65. The highest BCUT2D eigenvalue weighted by Crippen LogP contribution is 2.28. The van der Waals surface area contributed by atoms with Crippen LogP contribution >= 0.6 is 11.6 Å². The summed E-state index contributed by atoms with van der Waals surface area (Å²) in [6, 6.07) is 0. The first-order valence-electron chi connectivity index (χ1n) is 4.71. The van der Waals surface area contributed by atoms with Crippen molar-refractivity contribution in [2.75, 3.05) is 6.61 Å². The van der Waals surface area contributed by atoms with Gasteiger partial charge >= 0.3 is 5.97 Å². The zero-order chi connectivity index (χ0) is 13.0. The van der Waals surface area contributed by atoms with E-state index in [2.05, 4.69) is 9.72 Å². The van der Waals surface area contributed by atoms with Crippen LogP contribution in [0.25, 0.3) is 0 Å². The van der Waals surface area contributed by atoms with Crippen LogP contribution in [0.3, 0.4) is 0 Å². The van der Waals surface area contributed by atoms with Gasteiger partial charge in [-0.2, -0.15) is 4.39 Å². The molecular formula is C10H9ClF3NO2. The number of halogens is 4. The van der Waals surface area contributed by atoms with E-state index < -0.39 is 29.5 Å². The second-order valence-electron chi connectivity index (χ2n) is 3.02. The summed E-state index contributed by atoms with van der Waals surface area (Å²) in [6.45, 7) is 1.51. The van der Waals surface area contributed by atoms with Crippen molar-refractivity contribution in [2.45, 2.75) is 19.2 Å². The zero-order valence-electron chi connectivity index (χ0n) is 8.84. The summed E-state index contributed by atoms with van der Waals surface area (Å²) in [5.41, 5.74) is -1.59. The predicted octanol–water partition coefficient (Wildman–Crippen LogP) is 3.07. The Morgan fingerprint density at radius 3 is 2.71 bits per heavy atom. The second-order valence-corrected chi connectivity index (χ2v) is 3.28. The molecule has 1 rings (SSSR count). The maximum Gasteiger partial charge on any atom is 0.339 e. The van der Waals surface area contributed by atoms with Crippen molar-refractivity contribution in [2.24, 2.45) is 0 Å². The van der Waals surface area contributed by atoms with Crippen LogP contribution in [0.4, 0.5) is 13.2 Å². The molecule has 94 valence electrons. The van der Waals surface area contributed by atoms with Crippen molar-refractivity contribution < 1.29 is 22.7 Å². The first kappa shape index (κ1) is 13.8. The summed E-state index contributed by atoms with van der Waals surface area (Å²) >= 11 is 5.49. The Balaban J connectivity index is 3.40. The van der Waals surface area contributed by atoms with Crippen molar-refractivity contribution in [1.29, 1.82) is 0 Å². The molecule has 0 saturated heterocycles. The molecule has 1 heterocycles. The smallest absolute Gasteiger partial charge is 0.339 e. The van der Waals surface area contributed by atoms with Gasteiger partial charge in [-0.1, -0.05) is 0 Å². The Morgan fingerprint density at radius 1 is 1.59 bits per heavy atom. The number of aromatic nitrogens is 1. The molecule has 0 spiro atoms. The van der Waals surface area contributed by atoms with Crippen molar-refractivity contribution in [3.63, 3.8) is 0 Å². The molecular weight excluding hydrogens is 259 g/mol. The number of alkyl halides is 3. The van der Waals surface area contributed by atoms with Gasteiger partial charge in [-0.15, -0.1) is 11.6 Å². The van der Waals surface area contributed by atoms with E-state index in [4.69, 9.17) is 11.6 Å². The van der Waals surface area contributed by atoms with Crippen LogP contribution in [0.5, 0.6) is 0 Å². The Bertz CT molecular complexity index is 426. The number of rotatable bonds is 4. The molecule has 0 atom stereocenters. The second kappa shape index (κ2) is 5.86. The minimum atomic E-state index is -3.16. The van der Waals surface area contributed by atoms with Crippen molar-refractivity contribution in [1.82, 2.24) is 4.98 Å². The third kappa shape index (κ3) is 2.88. The van der Waals surface area contributed by atoms with Gasteiger partial charge in [-0.05, 0) is 6.92 Å². The van der Waals surface area contributed by atoms with Gasteiger partial charge in [0.05, 0.1) is 17.7 Å². The third-order valence-corrected chi connectivity index (χ3v) is 2.28. The number of carbonyl (C=O) groups excluding carboxylic acids is 1. The first-order chi connectivity index (χ1) is 8.02. The lowest BCUT2D eigenvalue weighted by atomic mass is 10.1. The molecule has 3 nitrogen and oxygen atoms in total. The van der Waals surface area contributed by atoms with E-state index in [0.717, 1.165) is 6.20 Å². The monoisotopic (exact) mass is 267 g/mol. The zero-order valence-corrected chi connectivity index (χ0v) is 9.60. The predicted molar refractivity (Wildman–Crippen MR) is 54.7 cm³/mol. The fourth-order valence-corrected chi connectivity index (χ4v) is 1.49. The number of carbonyl (C=O) groups is 1. The molecule has 0 bridgehead atoms. The maximum absolute atomic E-state index is 13.2. The van der Waals surface area contributed by atoms with E-state index in [9.17, 15) is 18.0 Å². The summed E-state index contributed by atoms with van der Waals surface area (Å²) in [7, 11) is 0. The van der Waals surface area contributed by atoms with Gasteiger partial charge in [-0.25, -0.2) is 18.6 Å². The van der Waals surface area contributed by atoms with Gasteiger partial charge in [0.2, 0.25) is 5.95 Å². The lowest BCUT2D eigenvalue weighted by Gasteiger charge is -2.11. The summed E-state index contributed by atoms with van der Waals surface area (Å²) < 4.78 is 43.1. The molecule has 0 aliphatic carbocycles. The Hall–Kier alpha value is -1.30. The number of pyridine rings is 1. The molecule has 0 N–H and O–H groups in total. The topological polar surface area (TPSA) is 39.2 Å². The fraction of sp³-hybridized carbons (Fsp3) is 0.400. The van der Waals surface area contributed by atoms with Gasteiger partial charge in [0, 0.05) is 17.6 Å². The Labute approximate surface area is 101 Å². The molecule has 17 heavy (non-hydrogen) atoms. The minimum Gasteiger partial charge on any atom is -0.462 e. The molecule has 1 aromatic rings. The third-order valence-electron chi connectivity index (χ3n) is 1.99. The average molecular weight is 268 g/mol. The van der Waals surface area contributed by atoms with E-state index in [-0.39, 0.29) is 18.1 Å². The molecule has 7 heteroatoms. The molecule has 0 aliphatic heterocycles. The SMILES string of the molecule is CCOC(=O)c1c(CCl)cnc(F)c1C(F)F. The number of ether oxygens (including phenoxy) is 1. The summed E-state index contributed by atoms with van der Waals surface area (Å²) in [5, 5.41) is 0. The summed E-state index contributed by atoms with van der Waals surface area (Å²) in [6.07, 6.45) is -2.22. The highest BCUT2D eigenvalue weighted by molar-refractivity contribution is 6.17. The Kier molecular flexibility index (Phi) is 4.74. The van der Waals surface area contributed by atoms with Gasteiger partial charge in [0.25, 0.3) is 6.43 Å². The summed E-state index contributed by atoms with van der Waals surface area (Å²) in [4.78, 5) is 14.6. The fourth-order valence-electron chi connectivity index (χ4n) is 1.29. The Morgan fingerprint density at radius 2 is 2.24 bits per heavy atom. The molecule has 0 aliphatic rings. The highest BCUT2D eigenvalue weighted by Gasteiger charge is 2.27. The number of esters is 1. The van der Waals surface area contributed by atoms with Gasteiger partial charge in [0.1, 0.15) is 0 Å². The largest absolute Gasteiger partial charge is 0.462 e. The number of hydrogen-bond acceptors (Lipinski definition) is 3. The van der Waals surface area contributed by atoms with E-state index in [0.29, 0.717) is 0 Å². The lowest BCUT2D eigenvalue weighted by molar-refractivity contribution is 0.0511. The van der Waals surface area contributed by atoms with Gasteiger partial charge < -0.3 is 4.74 Å². The van der Waals surface area contributed by atoms with Crippen molar-refractivity contribution in [3.8, 4) is 0 Å². The van der Waals surface area contributed by atoms with Crippen LogP contribution in [-0.2, 0) is 10.6 Å². The molecule has 0 saturated carbocycles. The van der Waals surface area contributed by atoms with Gasteiger partial charge in [0.15, 0.2) is 0 Å². The lowest BCUT2D eigenvalue weighted by Crippen LogP contribution is -2.14. The normalized spacial score (nSPS) is 10.7. The van der Waals surface area contributed by atoms with Crippen LogP contribution in [0.15, 0.2) is 6.20 Å². The first-order valence-corrected chi connectivity index (χ1v) is 5.24. The molecule has 0 fully saturated rings. The molecule has 1 aromatic heterocycles. The van der Waals surface area contributed by atoms with Crippen LogP contribution in [-0.4, -0.2) is 17.6 Å². The van der Waals surface area contributed by atoms with E-state index in [1.165, 1.54) is 6.92 Å². The van der Waals surface area contributed by atoms with Crippen molar-refractivity contribution >= 4 is 17.6 Å². The standard InChI is InChI=1S/C10H9ClF3NO2/c1-2-17-10(16)6-5(3-11)4-15-9(14)7(6)8(12)13/h4,8H,2-3H2,1H3. The molecule has 0 amide bonds. The van der Waals surface area contributed by atoms with Gasteiger partial charge in [-0.3, -0.25) is 0 Å². The highest BCUT2D eigenvalue weighted by atomic mass is 35.5. The maximum atomic E-state index is 13.2. The average Bonchev–Trinajstić information content (AvgIpc) is 2.28.